The Bertz CT molecular complexity index is 561. The monoisotopic (exact) mass is 318 g/mol. The number of hydrogen-bond donors (Lipinski definition) is 1. The summed E-state index contributed by atoms with van der Waals surface area (Å²) >= 11 is 0. The molecule has 0 saturated carbocycles. The summed E-state index contributed by atoms with van der Waals surface area (Å²) in [5.41, 5.74) is 1.14. The molecule has 1 aromatic carbocycles. The second-order valence-electron chi connectivity index (χ2n) is 6.51. The van der Waals surface area contributed by atoms with Gasteiger partial charge in [0.25, 0.3) is 0 Å². The quantitative estimate of drug-likeness (QED) is 0.928. The molecular weight excluding hydrogens is 292 g/mol. The number of likely N-dealkylation sites (tertiary alicyclic amines) is 1. The number of ether oxygens (including phenoxy) is 2. The SMILES string of the molecule is CC(=O)N1CC[C@@H](NCc2cccc3c2OCCCO3)[C@@H](C)C1. The summed E-state index contributed by atoms with van der Waals surface area (Å²) in [6.07, 6.45) is 1.91. The van der Waals surface area contributed by atoms with Crippen LogP contribution in [0, 0.1) is 5.92 Å². The van der Waals surface area contributed by atoms with E-state index in [4.69, 9.17) is 9.47 Å². The number of carbonyl (C=O) groups is 1. The minimum atomic E-state index is 0.175. The number of carbonyl (C=O) groups excluding carboxylic acids is 1. The number of rotatable bonds is 3. The number of benzene rings is 1. The van der Waals surface area contributed by atoms with E-state index in [2.05, 4.69) is 18.3 Å². The number of nitrogens with zero attached hydrogens (tertiary/aromatic N) is 1. The van der Waals surface area contributed by atoms with Gasteiger partial charge in [0.2, 0.25) is 5.91 Å². The van der Waals surface area contributed by atoms with E-state index in [0.29, 0.717) is 25.2 Å². The molecule has 0 bridgehead atoms. The zero-order valence-corrected chi connectivity index (χ0v) is 14.0. The summed E-state index contributed by atoms with van der Waals surface area (Å²) in [7, 11) is 0. The minimum Gasteiger partial charge on any atom is -0.490 e. The van der Waals surface area contributed by atoms with Crippen LogP contribution in [0.25, 0.3) is 0 Å². The number of nitrogens with one attached hydrogen (secondary N) is 1. The van der Waals surface area contributed by atoms with Crippen LogP contribution in [0.2, 0.25) is 0 Å². The Morgan fingerprint density at radius 3 is 2.96 bits per heavy atom. The Labute approximate surface area is 137 Å². The Morgan fingerprint density at radius 2 is 2.17 bits per heavy atom. The molecule has 1 saturated heterocycles. The summed E-state index contributed by atoms with van der Waals surface area (Å²) in [6.45, 7) is 7.71. The van der Waals surface area contributed by atoms with Crippen LogP contribution in [0.3, 0.4) is 0 Å². The molecule has 2 aliphatic rings. The fraction of sp³-hybridized carbons (Fsp3) is 0.611. The summed E-state index contributed by atoms with van der Waals surface area (Å²) < 4.78 is 11.6. The van der Waals surface area contributed by atoms with Gasteiger partial charge in [-0.3, -0.25) is 4.79 Å². The third-order valence-corrected chi connectivity index (χ3v) is 4.76. The van der Waals surface area contributed by atoms with E-state index in [1.807, 2.05) is 17.0 Å². The van der Waals surface area contributed by atoms with E-state index in [9.17, 15) is 4.79 Å². The predicted octanol–water partition coefficient (Wildman–Crippen LogP) is 2.19. The first-order chi connectivity index (χ1) is 11.1. The zero-order valence-electron chi connectivity index (χ0n) is 14.0. The molecular formula is C18H26N2O3. The maximum atomic E-state index is 11.5. The highest BCUT2D eigenvalue weighted by atomic mass is 16.5. The van der Waals surface area contributed by atoms with Gasteiger partial charge in [0.1, 0.15) is 0 Å². The van der Waals surface area contributed by atoms with Crippen LogP contribution in [0.15, 0.2) is 18.2 Å². The molecule has 1 amide bonds. The van der Waals surface area contributed by atoms with Gasteiger partial charge in [0, 0.05) is 44.6 Å². The van der Waals surface area contributed by atoms with E-state index in [-0.39, 0.29) is 5.91 Å². The van der Waals surface area contributed by atoms with Crippen LogP contribution >= 0.6 is 0 Å². The van der Waals surface area contributed by atoms with E-state index >= 15 is 0 Å². The molecule has 2 atom stereocenters. The molecule has 23 heavy (non-hydrogen) atoms. The van der Waals surface area contributed by atoms with Gasteiger partial charge in [-0.2, -0.15) is 0 Å². The Hall–Kier alpha value is -1.75. The second kappa shape index (κ2) is 7.21. The van der Waals surface area contributed by atoms with Crippen molar-refractivity contribution < 1.29 is 14.3 Å². The summed E-state index contributed by atoms with van der Waals surface area (Å²) in [5, 5.41) is 3.64. The first kappa shape index (κ1) is 16.1. The number of hydrogen-bond acceptors (Lipinski definition) is 4. The fourth-order valence-electron chi connectivity index (χ4n) is 3.37. The average molecular weight is 318 g/mol. The number of piperidine rings is 1. The lowest BCUT2D eigenvalue weighted by Crippen LogP contribution is -2.49. The van der Waals surface area contributed by atoms with Crippen molar-refractivity contribution >= 4 is 5.91 Å². The first-order valence-corrected chi connectivity index (χ1v) is 8.51. The maximum Gasteiger partial charge on any atom is 0.219 e. The molecule has 1 fully saturated rings. The number of fused-ring (bicyclic) bond motifs is 1. The molecule has 5 heteroatoms. The van der Waals surface area contributed by atoms with Crippen molar-refractivity contribution in [1.82, 2.24) is 10.2 Å². The highest BCUT2D eigenvalue weighted by Gasteiger charge is 2.27. The van der Waals surface area contributed by atoms with E-state index < -0.39 is 0 Å². The van der Waals surface area contributed by atoms with Crippen LogP contribution in [-0.2, 0) is 11.3 Å². The molecule has 2 heterocycles. The van der Waals surface area contributed by atoms with Crippen molar-refractivity contribution in [3.05, 3.63) is 23.8 Å². The van der Waals surface area contributed by atoms with E-state index in [1.165, 1.54) is 0 Å². The highest BCUT2D eigenvalue weighted by Crippen LogP contribution is 2.33. The molecule has 0 unspecified atom stereocenters. The van der Waals surface area contributed by atoms with E-state index in [0.717, 1.165) is 49.5 Å². The second-order valence-corrected chi connectivity index (χ2v) is 6.51. The molecule has 0 spiro atoms. The Morgan fingerprint density at radius 1 is 1.35 bits per heavy atom. The highest BCUT2D eigenvalue weighted by molar-refractivity contribution is 5.73. The van der Waals surface area contributed by atoms with Gasteiger partial charge in [-0.15, -0.1) is 0 Å². The molecule has 0 aliphatic carbocycles. The first-order valence-electron chi connectivity index (χ1n) is 8.51. The molecule has 5 nitrogen and oxygen atoms in total. The van der Waals surface area contributed by atoms with Crippen LogP contribution in [0.5, 0.6) is 11.5 Å². The number of para-hydroxylation sites is 1. The van der Waals surface area contributed by atoms with Gasteiger partial charge in [-0.25, -0.2) is 0 Å². The standard InChI is InChI=1S/C18H26N2O3/c1-13-12-20(14(2)21)8-7-16(13)19-11-15-5-3-6-17-18(15)23-10-4-9-22-17/h3,5-6,13,16,19H,4,7-12H2,1-2H3/t13-,16+/m0/s1. The van der Waals surface area contributed by atoms with Crippen molar-refractivity contribution in [3.63, 3.8) is 0 Å². The third-order valence-electron chi connectivity index (χ3n) is 4.76. The predicted molar refractivity (Wildman–Crippen MR) is 88.7 cm³/mol. The van der Waals surface area contributed by atoms with Gasteiger partial charge >= 0.3 is 0 Å². The van der Waals surface area contributed by atoms with Crippen molar-refractivity contribution in [2.75, 3.05) is 26.3 Å². The molecule has 2 aliphatic heterocycles. The van der Waals surface area contributed by atoms with Crippen LogP contribution in [0.1, 0.15) is 32.3 Å². The van der Waals surface area contributed by atoms with Gasteiger partial charge < -0.3 is 19.7 Å². The zero-order chi connectivity index (χ0) is 16.2. The smallest absolute Gasteiger partial charge is 0.219 e. The molecule has 1 N–H and O–H groups in total. The van der Waals surface area contributed by atoms with Gasteiger partial charge in [-0.1, -0.05) is 19.1 Å². The van der Waals surface area contributed by atoms with Crippen molar-refractivity contribution in [3.8, 4) is 11.5 Å². The fourth-order valence-corrected chi connectivity index (χ4v) is 3.37. The lowest BCUT2D eigenvalue weighted by Gasteiger charge is -2.37. The van der Waals surface area contributed by atoms with Crippen LogP contribution in [0.4, 0.5) is 0 Å². The third kappa shape index (κ3) is 3.78. The lowest BCUT2D eigenvalue weighted by atomic mass is 9.93. The molecule has 0 radical (unpaired) electrons. The van der Waals surface area contributed by atoms with Crippen molar-refractivity contribution in [2.45, 2.75) is 39.3 Å². The topological polar surface area (TPSA) is 50.8 Å². The maximum absolute atomic E-state index is 11.5. The minimum absolute atomic E-state index is 0.175. The Kier molecular flexibility index (Phi) is 5.06. The molecule has 1 aromatic rings. The van der Waals surface area contributed by atoms with E-state index in [1.54, 1.807) is 6.92 Å². The Balaban J connectivity index is 1.62. The van der Waals surface area contributed by atoms with Crippen LogP contribution < -0.4 is 14.8 Å². The normalized spacial score (nSPS) is 24.2. The molecule has 126 valence electrons. The van der Waals surface area contributed by atoms with Gasteiger partial charge in [0.05, 0.1) is 13.2 Å². The van der Waals surface area contributed by atoms with Gasteiger partial charge in [0.15, 0.2) is 11.5 Å². The average Bonchev–Trinajstić information content (AvgIpc) is 2.79. The molecule has 0 aromatic heterocycles. The molecule has 3 rings (SSSR count). The summed E-state index contributed by atoms with van der Waals surface area (Å²) in [4.78, 5) is 13.4. The lowest BCUT2D eigenvalue weighted by molar-refractivity contribution is -0.130. The number of amides is 1. The summed E-state index contributed by atoms with van der Waals surface area (Å²) in [6, 6.07) is 6.51. The summed E-state index contributed by atoms with van der Waals surface area (Å²) in [5.74, 6) is 2.36. The largest absolute Gasteiger partial charge is 0.490 e. The van der Waals surface area contributed by atoms with Crippen LogP contribution in [-0.4, -0.2) is 43.2 Å². The van der Waals surface area contributed by atoms with Crippen molar-refractivity contribution in [2.24, 2.45) is 5.92 Å². The van der Waals surface area contributed by atoms with Crippen molar-refractivity contribution in [1.29, 1.82) is 0 Å². The van der Waals surface area contributed by atoms with Gasteiger partial charge in [-0.05, 0) is 18.4 Å².